The molecule has 0 radical (unpaired) electrons. The summed E-state index contributed by atoms with van der Waals surface area (Å²) in [6.45, 7) is 3.97. The molecule has 92 heavy (non-hydrogen) atoms. The van der Waals surface area contributed by atoms with E-state index in [2.05, 4.69) is 23.8 Å². The van der Waals surface area contributed by atoms with E-state index in [1.165, 1.54) is 48.5 Å². The number of nitrogens with one attached hydrogen (secondary N) is 2. The third-order valence-corrected chi connectivity index (χ3v) is 14.9. The second kappa shape index (κ2) is 25.3. The van der Waals surface area contributed by atoms with Gasteiger partial charge in [0.05, 0.1) is 48.2 Å². The Bertz CT molecular complexity index is 4040. The standard InChI is InChI=1S/C66H44Cl2F6N4O14/c1-33(67)63(85)87-25-23-75-57(79)43(31-65(69,70)71)77-59(81)39-27-45(89-35-15-7-3-8-16-35)51-53-47(91-37-19-11-5-12-20-37)29-41-50-42(62(84)78(61(41)83)44(32-66(72,73)74)58(80)76-24-26-88-64(86)34(2)68)30-48(92-38-21-13-6-14-22-38)54(56(50)53)52-46(90-36-17-9-4-10-18-36)28-40(60(77)82)49(39)55(51)52/h3-22,27-30,43-44H,1-2,23-26,31-32H2,(H,75,79)(H,76,80). The molecule has 468 valence electrons. The van der Waals surface area contributed by atoms with Gasteiger partial charge in [-0.05, 0) is 72.8 Å². The van der Waals surface area contributed by atoms with Crippen LogP contribution in [0.1, 0.15) is 54.3 Å². The van der Waals surface area contributed by atoms with E-state index in [-0.39, 0.29) is 98.9 Å². The molecule has 11 rings (SSSR count). The van der Waals surface area contributed by atoms with Crippen LogP contribution in [0.5, 0.6) is 46.0 Å². The summed E-state index contributed by atoms with van der Waals surface area (Å²) in [7, 11) is 0. The molecule has 0 saturated heterocycles. The number of carbonyl (C=O) groups is 8. The van der Waals surface area contributed by atoms with Gasteiger partial charge in [-0.1, -0.05) is 109 Å². The predicted octanol–water partition coefficient (Wildman–Crippen LogP) is 13.6. The number of halogens is 8. The molecule has 0 saturated carbocycles. The highest BCUT2D eigenvalue weighted by Crippen LogP contribution is 2.58. The van der Waals surface area contributed by atoms with Crippen molar-refractivity contribution in [3.63, 3.8) is 0 Å². The van der Waals surface area contributed by atoms with E-state index in [1.54, 1.807) is 72.8 Å². The highest BCUT2D eigenvalue weighted by atomic mass is 35.5. The number of alkyl halides is 6. The number of carbonyl (C=O) groups excluding carboxylic acids is 8. The summed E-state index contributed by atoms with van der Waals surface area (Å²) in [4.78, 5) is 115. The Labute approximate surface area is 525 Å². The summed E-state index contributed by atoms with van der Waals surface area (Å²) >= 11 is 11.2. The number of esters is 2. The maximum atomic E-state index is 15.6. The second-order valence-corrected chi connectivity index (χ2v) is 21.6. The van der Waals surface area contributed by atoms with Crippen molar-refractivity contribution in [1.29, 1.82) is 0 Å². The zero-order chi connectivity index (χ0) is 65.5. The number of para-hydroxylation sites is 4. The molecule has 2 heterocycles. The fourth-order valence-electron chi connectivity index (χ4n) is 11.0. The molecule has 2 atom stereocenters. The third kappa shape index (κ3) is 12.5. The highest BCUT2D eigenvalue weighted by molar-refractivity contribution is 6.45. The zero-order valence-corrected chi connectivity index (χ0v) is 48.8. The van der Waals surface area contributed by atoms with Gasteiger partial charge in [-0.2, -0.15) is 26.3 Å². The Hall–Kier alpha value is -10.7. The number of fused-ring (bicyclic) bond motifs is 2. The predicted molar refractivity (Wildman–Crippen MR) is 322 cm³/mol. The van der Waals surface area contributed by atoms with Crippen molar-refractivity contribution in [3.8, 4) is 46.0 Å². The van der Waals surface area contributed by atoms with Crippen LogP contribution in [-0.4, -0.2) is 108 Å². The molecule has 9 aromatic carbocycles. The van der Waals surface area contributed by atoms with Crippen LogP contribution in [0.3, 0.4) is 0 Å². The van der Waals surface area contributed by atoms with Crippen molar-refractivity contribution in [2.24, 2.45) is 0 Å². The average molecular weight is 1300 g/mol. The number of nitrogens with zero attached hydrogens (tertiary/aromatic N) is 2. The third-order valence-electron chi connectivity index (χ3n) is 14.6. The summed E-state index contributed by atoms with van der Waals surface area (Å²) in [5, 5.41) is 2.25. The maximum absolute atomic E-state index is 15.6. The summed E-state index contributed by atoms with van der Waals surface area (Å²) in [5.74, 6) is -11.9. The fourth-order valence-corrected chi connectivity index (χ4v) is 11.1. The van der Waals surface area contributed by atoms with E-state index in [0.29, 0.717) is 0 Å². The lowest BCUT2D eigenvalue weighted by Crippen LogP contribution is -2.55. The first kappa shape index (κ1) is 62.9. The Morgan fingerprint density at radius 2 is 0.663 bits per heavy atom. The number of hydrogen-bond donors (Lipinski definition) is 2. The van der Waals surface area contributed by atoms with Crippen molar-refractivity contribution >= 4 is 114 Å². The molecule has 0 aromatic heterocycles. The van der Waals surface area contributed by atoms with Crippen LogP contribution in [0.4, 0.5) is 26.3 Å². The van der Waals surface area contributed by atoms with E-state index in [0.717, 1.165) is 24.3 Å². The van der Waals surface area contributed by atoms with Crippen molar-refractivity contribution in [1.82, 2.24) is 20.4 Å². The topological polar surface area (TPSA) is 222 Å². The Kier molecular flexibility index (Phi) is 17.3. The molecule has 26 heteroatoms. The Morgan fingerprint density at radius 1 is 0.413 bits per heavy atom. The number of ether oxygens (including phenoxy) is 6. The van der Waals surface area contributed by atoms with Crippen LogP contribution in [0.2, 0.25) is 0 Å². The molecule has 9 aromatic rings. The SMILES string of the molecule is C=C(Cl)C(=O)OCCNC(=O)C(CC(F)(F)F)N1C(=O)c2cc(Oc3ccccc3)c3c4c(Oc5ccccc5)cc5c6c(cc(Oc7ccccc7)c(c7c(Oc8ccccc8)cc(c2c37)C1=O)c64)C(=O)N(C(CC(F)(F)F)C(=O)NCCOC(=O)C(=C)Cl)C5=O. The van der Waals surface area contributed by atoms with Gasteiger partial charge in [-0.25, -0.2) is 9.59 Å². The average Bonchev–Trinajstić information content (AvgIpc) is 0.673. The molecular weight excluding hydrogens is 1260 g/mol. The van der Waals surface area contributed by atoms with Gasteiger partial charge < -0.3 is 39.1 Å². The van der Waals surface area contributed by atoms with Crippen LogP contribution in [0.25, 0.3) is 43.1 Å². The van der Waals surface area contributed by atoms with Crippen molar-refractivity contribution in [2.45, 2.75) is 37.3 Å². The molecule has 0 aliphatic carbocycles. The Balaban J connectivity index is 1.25. The number of rotatable bonds is 22. The molecule has 18 nitrogen and oxygen atoms in total. The van der Waals surface area contributed by atoms with E-state index in [4.69, 9.17) is 51.6 Å². The number of benzene rings is 9. The smallest absolute Gasteiger partial charge is 0.391 e. The second-order valence-electron chi connectivity index (χ2n) is 20.6. The minimum absolute atomic E-state index is 0.0718. The summed E-state index contributed by atoms with van der Waals surface area (Å²) in [6, 6.07) is 30.5. The Morgan fingerprint density at radius 3 is 0.891 bits per heavy atom. The molecule has 2 aliphatic rings. The molecule has 2 N–H and O–H groups in total. The van der Waals surface area contributed by atoms with E-state index >= 15 is 19.2 Å². The minimum Gasteiger partial charge on any atom is -0.460 e. The van der Waals surface area contributed by atoms with Gasteiger partial charge in [0.2, 0.25) is 11.8 Å². The van der Waals surface area contributed by atoms with Crippen LogP contribution in [0, 0.1) is 0 Å². The fraction of sp³-hybridized carbons (Fsp3) is 0.152. The molecule has 0 bridgehead atoms. The molecule has 2 aliphatic heterocycles. The van der Waals surface area contributed by atoms with Crippen LogP contribution < -0.4 is 29.6 Å². The first-order valence-corrected chi connectivity index (χ1v) is 28.4. The number of imide groups is 2. The lowest BCUT2D eigenvalue weighted by molar-refractivity contribution is -0.153. The van der Waals surface area contributed by atoms with Gasteiger partial charge in [-0.3, -0.25) is 38.6 Å². The van der Waals surface area contributed by atoms with Crippen LogP contribution in [-0.2, 0) is 28.7 Å². The van der Waals surface area contributed by atoms with Gasteiger partial charge >= 0.3 is 24.3 Å². The zero-order valence-electron chi connectivity index (χ0n) is 47.3. The van der Waals surface area contributed by atoms with Gasteiger partial charge in [-0.15, -0.1) is 0 Å². The maximum Gasteiger partial charge on any atom is 0.391 e. The van der Waals surface area contributed by atoms with Gasteiger partial charge in [0.1, 0.15) is 81.4 Å². The van der Waals surface area contributed by atoms with E-state index < -0.39 is 143 Å². The monoisotopic (exact) mass is 1300 g/mol. The molecule has 2 unspecified atom stereocenters. The number of amides is 6. The van der Waals surface area contributed by atoms with E-state index in [1.807, 2.05) is 0 Å². The van der Waals surface area contributed by atoms with Crippen LogP contribution >= 0.6 is 23.2 Å². The van der Waals surface area contributed by atoms with Gasteiger partial charge in [0.15, 0.2) is 0 Å². The van der Waals surface area contributed by atoms with Gasteiger partial charge in [0, 0.05) is 43.1 Å². The van der Waals surface area contributed by atoms with Crippen molar-refractivity contribution in [3.05, 3.63) is 191 Å². The van der Waals surface area contributed by atoms with E-state index in [9.17, 15) is 45.5 Å². The lowest BCUT2D eigenvalue weighted by atomic mass is 9.80. The normalized spacial score (nSPS) is 13.7. The summed E-state index contributed by atoms with van der Waals surface area (Å²) in [5.41, 5.74) is -2.02. The molecule has 6 amide bonds. The minimum atomic E-state index is -5.23. The summed E-state index contributed by atoms with van der Waals surface area (Å²) in [6.07, 6.45) is -14.6. The number of hydrogen-bond acceptors (Lipinski definition) is 14. The molecule has 0 spiro atoms. The highest BCUT2D eigenvalue weighted by Gasteiger charge is 2.50. The largest absolute Gasteiger partial charge is 0.460 e. The quantitative estimate of drug-likeness (QED) is 0.0123. The first-order chi connectivity index (χ1) is 43.9. The lowest BCUT2D eigenvalue weighted by Gasteiger charge is -2.36. The van der Waals surface area contributed by atoms with Crippen molar-refractivity contribution in [2.75, 3.05) is 26.3 Å². The van der Waals surface area contributed by atoms with Gasteiger partial charge in [0.25, 0.3) is 23.6 Å². The molecular formula is C66H44Cl2F6N4O14. The van der Waals surface area contributed by atoms with Crippen LogP contribution in [0.15, 0.2) is 169 Å². The summed E-state index contributed by atoms with van der Waals surface area (Å²) < 4.78 is 126. The first-order valence-electron chi connectivity index (χ1n) is 27.6. The molecule has 0 fully saturated rings. The van der Waals surface area contributed by atoms with Crippen molar-refractivity contribution < 1.29 is 93.1 Å².